The second-order valence-electron chi connectivity index (χ2n) is 5.79. The predicted octanol–water partition coefficient (Wildman–Crippen LogP) is 2.35. The summed E-state index contributed by atoms with van der Waals surface area (Å²) in [6.45, 7) is 5.99. The van der Waals surface area contributed by atoms with Crippen molar-refractivity contribution in [1.82, 2.24) is 4.90 Å². The van der Waals surface area contributed by atoms with Gasteiger partial charge < -0.3 is 15.4 Å². The van der Waals surface area contributed by atoms with Crippen LogP contribution in [0.15, 0.2) is 24.3 Å². The summed E-state index contributed by atoms with van der Waals surface area (Å²) < 4.78 is 5.40. The molecule has 0 saturated carbocycles. The number of rotatable bonds is 5. The van der Waals surface area contributed by atoms with Crippen molar-refractivity contribution in [2.45, 2.75) is 25.8 Å². The van der Waals surface area contributed by atoms with E-state index in [4.69, 9.17) is 10.5 Å². The van der Waals surface area contributed by atoms with Crippen molar-refractivity contribution in [3.63, 3.8) is 0 Å². The Hall–Kier alpha value is -0.900. The lowest BCUT2D eigenvalue weighted by atomic mass is 9.99. The van der Waals surface area contributed by atoms with Crippen LogP contribution in [0.1, 0.15) is 30.0 Å². The van der Waals surface area contributed by atoms with Crippen molar-refractivity contribution in [1.29, 1.82) is 0 Å². The maximum absolute atomic E-state index is 6.28. The Labute approximate surface area is 116 Å². The third-order valence-electron chi connectivity index (χ3n) is 3.92. The van der Waals surface area contributed by atoms with Crippen LogP contribution in [0.2, 0.25) is 0 Å². The number of benzene rings is 1. The summed E-state index contributed by atoms with van der Waals surface area (Å²) in [6.07, 6.45) is 2.37. The smallest absolute Gasteiger partial charge is 0.0469 e. The summed E-state index contributed by atoms with van der Waals surface area (Å²) in [4.78, 5) is 2.36. The molecule has 19 heavy (non-hydrogen) atoms. The summed E-state index contributed by atoms with van der Waals surface area (Å²) in [5.41, 5.74) is 8.79. The molecule has 0 radical (unpaired) electrons. The van der Waals surface area contributed by atoms with Crippen molar-refractivity contribution >= 4 is 0 Å². The summed E-state index contributed by atoms with van der Waals surface area (Å²) in [5, 5.41) is 0. The maximum atomic E-state index is 6.28. The zero-order valence-electron chi connectivity index (χ0n) is 12.1. The van der Waals surface area contributed by atoms with Crippen molar-refractivity contribution < 1.29 is 4.74 Å². The summed E-state index contributed by atoms with van der Waals surface area (Å²) in [7, 11) is 2.17. The number of hydrogen-bond acceptors (Lipinski definition) is 3. The molecule has 0 bridgehead atoms. The van der Waals surface area contributed by atoms with Crippen LogP contribution < -0.4 is 5.73 Å². The number of nitrogens with zero attached hydrogens (tertiary/aromatic N) is 1. The summed E-state index contributed by atoms with van der Waals surface area (Å²) in [6, 6.07) is 8.65. The van der Waals surface area contributed by atoms with E-state index in [1.165, 1.54) is 24.0 Å². The first-order valence-electron chi connectivity index (χ1n) is 7.23. The van der Waals surface area contributed by atoms with E-state index in [0.717, 1.165) is 32.2 Å². The lowest BCUT2D eigenvalue weighted by Gasteiger charge is -2.28. The molecule has 1 aliphatic rings. The van der Waals surface area contributed by atoms with Crippen LogP contribution in [-0.2, 0) is 4.74 Å². The van der Waals surface area contributed by atoms with E-state index < -0.39 is 0 Å². The Bertz CT molecular complexity index is 371. The van der Waals surface area contributed by atoms with Crippen molar-refractivity contribution in [3.8, 4) is 0 Å². The van der Waals surface area contributed by atoms with E-state index in [9.17, 15) is 0 Å². The van der Waals surface area contributed by atoms with Crippen molar-refractivity contribution in [2.75, 3.05) is 33.4 Å². The van der Waals surface area contributed by atoms with Gasteiger partial charge in [-0.25, -0.2) is 0 Å². The third kappa shape index (κ3) is 4.60. The van der Waals surface area contributed by atoms with Gasteiger partial charge in [-0.15, -0.1) is 0 Å². The van der Waals surface area contributed by atoms with Gasteiger partial charge in [0.05, 0.1) is 0 Å². The molecule has 0 aliphatic carbocycles. The highest BCUT2D eigenvalue weighted by molar-refractivity contribution is 5.24. The van der Waals surface area contributed by atoms with Crippen LogP contribution in [0.4, 0.5) is 0 Å². The molecule has 1 aliphatic heterocycles. The average Bonchev–Trinajstić information content (AvgIpc) is 2.40. The van der Waals surface area contributed by atoms with Gasteiger partial charge in [0.15, 0.2) is 0 Å². The molecule has 1 heterocycles. The zero-order valence-corrected chi connectivity index (χ0v) is 12.1. The highest BCUT2D eigenvalue weighted by Crippen LogP contribution is 2.17. The predicted molar refractivity (Wildman–Crippen MR) is 79.1 cm³/mol. The van der Waals surface area contributed by atoms with Gasteiger partial charge in [-0.05, 0) is 38.3 Å². The molecule has 0 spiro atoms. The molecule has 1 aromatic rings. The summed E-state index contributed by atoms with van der Waals surface area (Å²) >= 11 is 0. The van der Waals surface area contributed by atoms with Gasteiger partial charge in [0, 0.05) is 32.3 Å². The van der Waals surface area contributed by atoms with Crippen LogP contribution in [0.25, 0.3) is 0 Å². The molecular weight excluding hydrogens is 236 g/mol. The minimum atomic E-state index is 0.102. The molecule has 0 amide bonds. The summed E-state index contributed by atoms with van der Waals surface area (Å²) in [5.74, 6) is 0.768. The minimum Gasteiger partial charge on any atom is -0.381 e. The highest BCUT2D eigenvalue weighted by atomic mass is 16.5. The molecule has 2 rings (SSSR count). The average molecular weight is 262 g/mol. The lowest BCUT2D eigenvalue weighted by Crippen LogP contribution is -2.34. The third-order valence-corrected chi connectivity index (χ3v) is 3.92. The van der Waals surface area contributed by atoms with Crippen molar-refractivity contribution in [2.24, 2.45) is 11.7 Å². The van der Waals surface area contributed by atoms with E-state index >= 15 is 0 Å². The van der Waals surface area contributed by atoms with E-state index in [-0.39, 0.29) is 6.04 Å². The molecule has 3 heteroatoms. The molecule has 2 N–H and O–H groups in total. The van der Waals surface area contributed by atoms with Crippen LogP contribution in [-0.4, -0.2) is 38.3 Å². The zero-order chi connectivity index (χ0) is 13.7. The van der Waals surface area contributed by atoms with Gasteiger partial charge in [0.2, 0.25) is 0 Å². The van der Waals surface area contributed by atoms with Gasteiger partial charge in [-0.2, -0.15) is 0 Å². The Morgan fingerprint density at radius 3 is 2.53 bits per heavy atom. The van der Waals surface area contributed by atoms with Gasteiger partial charge >= 0.3 is 0 Å². The topological polar surface area (TPSA) is 38.5 Å². The first-order chi connectivity index (χ1) is 9.15. The molecule has 1 atom stereocenters. The fraction of sp³-hybridized carbons (Fsp3) is 0.625. The number of hydrogen-bond donors (Lipinski definition) is 1. The van der Waals surface area contributed by atoms with E-state index in [1.807, 2.05) is 0 Å². The fourth-order valence-electron chi connectivity index (χ4n) is 2.70. The first-order valence-corrected chi connectivity index (χ1v) is 7.23. The number of likely N-dealkylation sites (N-methyl/N-ethyl adjacent to an activating group) is 1. The lowest BCUT2D eigenvalue weighted by molar-refractivity contribution is 0.0551. The van der Waals surface area contributed by atoms with Gasteiger partial charge in [0.25, 0.3) is 0 Å². The Morgan fingerprint density at radius 2 is 1.89 bits per heavy atom. The molecule has 1 unspecified atom stereocenters. The fourth-order valence-corrected chi connectivity index (χ4v) is 2.70. The Kier molecular flexibility index (Phi) is 5.37. The Morgan fingerprint density at radius 1 is 1.26 bits per heavy atom. The largest absolute Gasteiger partial charge is 0.381 e. The molecular formula is C16H26N2O. The standard InChI is InChI=1S/C16H26N2O/c1-13-3-5-15(6-4-13)16(17)12-18(2)11-14-7-9-19-10-8-14/h3-6,14,16H,7-12,17H2,1-2H3. The molecule has 1 saturated heterocycles. The first kappa shape index (κ1) is 14.5. The van der Waals surface area contributed by atoms with Gasteiger partial charge in [-0.3, -0.25) is 0 Å². The molecule has 106 valence electrons. The number of ether oxygens (including phenoxy) is 1. The van der Waals surface area contributed by atoms with Crippen LogP contribution in [0.5, 0.6) is 0 Å². The second kappa shape index (κ2) is 7.04. The normalized spacial score (nSPS) is 18.7. The van der Waals surface area contributed by atoms with E-state index in [1.54, 1.807) is 0 Å². The van der Waals surface area contributed by atoms with Crippen molar-refractivity contribution in [3.05, 3.63) is 35.4 Å². The van der Waals surface area contributed by atoms with Crippen LogP contribution in [0.3, 0.4) is 0 Å². The van der Waals surface area contributed by atoms with E-state index in [2.05, 4.69) is 43.1 Å². The highest BCUT2D eigenvalue weighted by Gasteiger charge is 2.17. The maximum Gasteiger partial charge on any atom is 0.0469 e. The second-order valence-corrected chi connectivity index (χ2v) is 5.79. The van der Waals surface area contributed by atoms with E-state index in [0.29, 0.717) is 0 Å². The molecule has 1 aromatic carbocycles. The van der Waals surface area contributed by atoms with Gasteiger partial charge in [0.1, 0.15) is 0 Å². The SMILES string of the molecule is Cc1ccc(C(N)CN(C)CC2CCOCC2)cc1. The van der Waals surface area contributed by atoms with Gasteiger partial charge in [-0.1, -0.05) is 29.8 Å². The Balaban J connectivity index is 1.80. The molecule has 3 nitrogen and oxygen atoms in total. The number of aryl methyl sites for hydroxylation is 1. The van der Waals surface area contributed by atoms with Crippen LogP contribution >= 0.6 is 0 Å². The monoisotopic (exact) mass is 262 g/mol. The quantitative estimate of drug-likeness (QED) is 0.885. The minimum absolute atomic E-state index is 0.102. The van der Waals surface area contributed by atoms with Crippen LogP contribution in [0, 0.1) is 12.8 Å². The number of nitrogens with two attached hydrogens (primary N) is 1. The molecule has 1 fully saturated rings. The molecule has 0 aromatic heterocycles.